The number of hydrogen-bond donors (Lipinski definition) is 1. The molecule has 0 spiro atoms. The third-order valence-corrected chi connectivity index (χ3v) is 4.04. The normalized spacial score (nSPS) is 33.1. The summed E-state index contributed by atoms with van der Waals surface area (Å²) in [4.78, 5) is 12.1. The molecule has 0 aromatic carbocycles. The fraction of sp³-hybridized carbons (Fsp3) is 0.938. The lowest BCUT2D eigenvalue weighted by atomic mass is 9.99. The van der Waals surface area contributed by atoms with Crippen LogP contribution in [0.15, 0.2) is 0 Å². The van der Waals surface area contributed by atoms with Gasteiger partial charge >= 0.3 is 0 Å². The van der Waals surface area contributed by atoms with E-state index in [0.29, 0.717) is 6.61 Å². The van der Waals surface area contributed by atoms with Gasteiger partial charge in [-0.25, -0.2) is 0 Å². The molecule has 140 valence electrons. The summed E-state index contributed by atoms with van der Waals surface area (Å²) < 4.78 is 32.9. The van der Waals surface area contributed by atoms with Gasteiger partial charge in [-0.15, -0.1) is 0 Å². The van der Waals surface area contributed by atoms with Gasteiger partial charge < -0.3 is 33.5 Å². The van der Waals surface area contributed by atoms with Crippen LogP contribution in [0.1, 0.15) is 34.1 Å². The first-order valence-corrected chi connectivity index (χ1v) is 8.02. The molecule has 2 saturated heterocycles. The number of aliphatic hydroxyl groups excluding tert-OH is 1. The minimum absolute atomic E-state index is 0.177. The predicted octanol–water partition coefficient (Wildman–Crippen LogP) is 0.597. The number of Topliss-reactive ketones (excluding diaryl/α,β-unsaturated/α-hetero) is 1. The van der Waals surface area contributed by atoms with E-state index in [1.165, 1.54) is 14.2 Å². The monoisotopic (exact) mass is 348 g/mol. The predicted molar refractivity (Wildman–Crippen MR) is 82.2 cm³/mol. The van der Waals surface area contributed by atoms with Crippen molar-refractivity contribution < 1.29 is 38.3 Å². The zero-order valence-corrected chi connectivity index (χ0v) is 15.1. The van der Waals surface area contributed by atoms with Crippen molar-refractivity contribution in [2.45, 2.75) is 76.4 Å². The molecule has 24 heavy (non-hydrogen) atoms. The molecule has 8 heteroatoms. The topological polar surface area (TPSA) is 92.7 Å². The van der Waals surface area contributed by atoms with Gasteiger partial charge in [-0.2, -0.15) is 0 Å². The minimum Gasteiger partial charge on any atom is -0.390 e. The standard InChI is InChI=1S/C16H28O8/c1-15(2)21-8-11(22-15)13-12(23-16(3,4)24-13)9(17)7-10(18)14(19-5)20-6/h9,11-14,17H,7-8H2,1-6H3/t9-,11-,12-,13-/m1/s1. The van der Waals surface area contributed by atoms with E-state index in [1.54, 1.807) is 13.8 Å². The van der Waals surface area contributed by atoms with Gasteiger partial charge in [-0.1, -0.05) is 0 Å². The average molecular weight is 348 g/mol. The molecule has 2 aliphatic heterocycles. The zero-order chi connectivity index (χ0) is 18.1. The maximum Gasteiger partial charge on any atom is 0.217 e. The molecule has 0 amide bonds. The van der Waals surface area contributed by atoms with Gasteiger partial charge in [0.15, 0.2) is 17.4 Å². The Morgan fingerprint density at radius 3 is 2.25 bits per heavy atom. The maximum absolute atomic E-state index is 12.1. The van der Waals surface area contributed by atoms with Crippen LogP contribution in [0.4, 0.5) is 0 Å². The van der Waals surface area contributed by atoms with Crippen LogP contribution in [0.3, 0.4) is 0 Å². The Kier molecular flexibility index (Phi) is 6.02. The summed E-state index contributed by atoms with van der Waals surface area (Å²) in [5.41, 5.74) is 0. The molecule has 0 aliphatic carbocycles. The van der Waals surface area contributed by atoms with Crippen LogP contribution < -0.4 is 0 Å². The van der Waals surface area contributed by atoms with E-state index < -0.39 is 42.3 Å². The first-order valence-electron chi connectivity index (χ1n) is 8.02. The van der Waals surface area contributed by atoms with Gasteiger partial charge in [0.1, 0.15) is 18.3 Å². The maximum atomic E-state index is 12.1. The lowest BCUT2D eigenvalue weighted by Gasteiger charge is -2.26. The molecule has 4 atom stereocenters. The lowest BCUT2D eigenvalue weighted by molar-refractivity contribution is -0.175. The quantitative estimate of drug-likeness (QED) is 0.669. The Hall–Kier alpha value is -0.610. The molecule has 2 heterocycles. The Morgan fingerprint density at radius 2 is 1.75 bits per heavy atom. The van der Waals surface area contributed by atoms with Gasteiger partial charge in [-0.05, 0) is 27.7 Å². The Labute approximate surface area is 142 Å². The second kappa shape index (κ2) is 7.33. The van der Waals surface area contributed by atoms with Crippen molar-refractivity contribution in [3.05, 3.63) is 0 Å². The lowest BCUT2D eigenvalue weighted by Crippen LogP contribution is -2.45. The van der Waals surface area contributed by atoms with Gasteiger partial charge in [0, 0.05) is 20.6 Å². The molecule has 2 aliphatic rings. The van der Waals surface area contributed by atoms with Crippen LogP contribution in [0.5, 0.6) is 0 Å². The zero-order valence-electron chi connectivity index (χ0n) is 15.1. The minimum atomic E-state index is -1.08. The third-order valence-electron chi connectivity index (χ3n) is 4.04. The summed E-state index contributed by atoms with van der Waals surface area (Å²) in [7, 11) is 2.73. The van der Waals surface area contributed by atoms with Gasteiger partial charge in [-0.3, -0.25) is 4.79 Å². The average Bonchev–Trinajstić information content (AvgIpc) is 2.99. The van der Waals surface area contributed by atoms with Crippen molar-refractivity contribution in [1.82, 2.24) is 0 Å². The number of ketones is 1. The smallest absolute Gasteiger partial charge is 0.217 e. The summed E-state index contributed by atoms with van der Waals surface area (Å²) in [6, 6.07) is 0. The molecule has 0 aromatic heterocycles. The van der Waals surface area contributed by atoms with Gasteiger partial charge in [0.05, 0.1) is 12.7 Å². The Bertz CT molecular complexity index is 445. The van der Waals surface area contributed by atoms with E-state index in [1.807, 2.05) is 13.8 Å². The van der Waals surface area contributed by atoms with Crippen LogP contribution >= 0.6 is 0 Å². The Morgan fingerprint density at radius 1 is 1.12 bits per heavy atom. The summed E-state index contributed by atoms with van der Waals surface area (Å²) in [6.45, 7) is 7.45. The van der Waals surface area contributed by atoms with Crippen LogP contribution in [0.2, 0.25) is 0 Å². The van der Waals surface area contributed by atoms with E-state index in [9.17, 15) is 9.90 Å². The molecule has 0 saturated carbocycles. The van der Waals surface area contributed by atoms with Crippen molar-refractivity contribution in [3.63, 3.8) is 0 Å². The van der Waals surface area contributed by atoms with Gasteiger partial charge in [0.2, 0.25) is 6.29 Å². The van der Waals surface area contributed by atoms with Crippen molar-refractivity contribution in [3.8, 4) is 0 Å². The molecule has 0 aromatic rings. The van der Waals surface area contributed by atoms with Gasteiger partial charge in [0.25, 0.3) is 0 Å². The van der Waals surface area contributed by atoms with Crippen LogP contribution in [-0.4, -0.2) is 74.0 Å². The van der Waals surface area contributed by atoms with E-state index in [-0.39, 0.29) is 12.2 Å². The molecular weight excluding hydrogens is 320 g/mol. The fourth-order valence-corrected chi connectivity index (χ4v) is 3.06. The SMILES string of the molecule is COC(OC)C(=O)C[C@@H](O)[C@H]1OC(C)(C)O[C@@H]1[C@H]1COC(C)(C)O1. The highest BCUT2D eigenvalue weighted by molar-refractivity contribution is 5.82. The van der Waals surface area contributed by atoms with E-state index in [2.05, 4.69) is 0 Å². The van der Waals surface area contributed by atoms with Crippen LogP contribution in [-0.2, 0) is 33.2 Å². The summed E-state index contributed by atoms with van der Waals surface area (Å²) in [5.74, 6) is -1.98. The van der Waals surface area contributed by atoms with Crippen LogP contribution in [0, 0.1) is 0 Å². The highest BCUT2D eigenvalue weighted by Gasteiger charge is 2.52. The van der Waals surface area contributed by atoms with E-state index >= 15 is 0 Å². The molecule has 0 bridgehead atoms. The summed E-state index contributed by atoms with van der Waals surface area (Å²) in [5, 5.41) is 10.5. The highest BCUT2D eigenvalue weighted by Crippen LogP contribution is 2.37. The molecule has 1 N–H and O–H groups in total. The second-order valence-electron chi connectivity index (χ2n) is 6.97. The van der Waals surface area contributed by atoms with Crippen molar-refractivity contribution in [2.24, 2.45) is 0 Å². The molecule has 0 unspecified atom stereocenters. The van der Waals surface area contributed by atoms with Crippen molar-refractivity contribution in [2.75, 3.05) is 20.8 Å². The number of methoxy groups -OCH3 is 2. The second-order valence-corrected chi connectivity index (χ2v) is 6.97. The van der Waals surface area contributed by atoms with E-state index in [0.717, 1.165) is 0 Å². The molecule has 0 radical (unpaired) electrons. The largest absolute Gasteiger partial charge is 0.390 e. The Balaban J connectivity index is 2.06. The molecule has 2 rings (SSSR count). The van der Waals surface area contributed by atoms with Crippen molar-refractivity contribution in [1.29, 1.82) is 0 Å². The number of ether oxygens (including phenoxy) is 6. The number of rotatable bonds is 7. The number of carbonyl (C=O) groups is 1. The van der Waals surface area contributed by atoms with Crippen LogP contribution in [0.25, 0.3) is 0 Å². The van der Waals surface area contributed by atoms with E-state index in [4.69, 9.17) is 28.4 Å². The molecular formula is C16H28O8. The highest BCUT2D eigenvalue weighted by atomic mass is 16.8. The first-order chi connectivity index (χ1) is 11.1. The number of aliphatic hydroxyl groups is 1. The summed E-state index contributed by atoms with van der Waals surface area (Å²) >= 11 is 0. The third kappa shape index (κ3) is 4.51. The molecule has 8 nitrogen and oxygen atoms in total. The van der Waals surface area contributed by atoms with Crippen molar-refractivity contribution >= 4 is 5.78 Å². The first kappa shape index (κ1) is 19.7. The number of hydrogen-bond acceptors (Lipinski definition) is 8. The number of carbonyl (C=O) groups excluding carboxylic acids is 1. The molecule has 2 fully saturated rings. The summed E-state index contributed by atoms with van der Waals surface area (Å²) in [6.07, 6.45) is -3.93. The fourth-order valence-electron chi connectivity index (χ4n) is 3.06.